The molecule has 3 aromatic rings. The van der Waals surface area contributed by atoms with Gasteiger partial charge in [-0.1, -0.05) is 36.4 Å². The zero-order chi connectivity index (χ0) is 22.3. The summed E-state index contributed by atoms with van der Waals surface area (Å²) in [4.78, 5) is 4.87. The molecule has 0 saturated carbocycles. The van der Waals surface area contributed by atoms with Gasteiger partial charge in [-0.15, -0.1) is 34.2 Å². The number of aromatic nitrogens is 3. The van der Waals surface area contributed by atoms with Gasteiger partial charge in [0.1, 0.15) is 17.3 Å². The number of para-hydroxylation sites is 2. The molecule has 0 spiro atoms. The lowest BCUT2D eigenvalue weighted by Gasteiger charge is -2.28. The van der Waals surface area contributed by atoms with Crippen LogP contribution in [0.3, 0.4) is 0 Å². The zero-order valence-corrected chi connectivity index (χ0v) is 21.6. The van der Waals surface area contributed by atoms with E-state index in [1.165, 1.54) is 0 Å². The van der Waals surface area contributed by atoms with Gasteiger partial charge in [0.2, 0.25) is 0 Å². The molecule has 1 aromatic heterocycles. The molecule has 33 heavy (non-hydrogen) atoms. The van der Waals surface area contributed by atoms with Crippen LogP contribution in [-0.4, -0.2) is 33.9 Å². The molecule has 2 heterocycles. The largest absolute Gasteiger partial charge is 0.494 e. The molecule has 0 saturated heterocycles. The second-order valence-corrected chi connectivity index (χ2v) is 7.65. The Morgan fingerprint density at radius 1 is 1.18 bits per heavy atom. The van der Waals surface area contributed by atoms with E-state index in [-0.39, 0.29) is 30.0 Å². The van der Waals surface area contributed by atoms with Crippen molar-refractivity contribution in [3.05, 3.63) is 71.3 Å². The maximum Gasteiger partial charge on any atom is 0.192 e. The predicted molar refractivity (Wildman–Crippen MR) is 139 cm³/mol. The lowest BCUT2D eigenvalue weighted by Crippen LogP contribution is -2.41. The number of aryl methyl sites for hydroxylation is 1. The van der Waals surface area contributed by atoms with Crippen molar-refractivity contribution < 1.29 is 9.47 Å². The smallest absolute Gasteiger partial charge is 0.192 e. The second kappa shape index (κ2) is 11.9. The predicted octanol–water partition coefficient (Wildman–Crippen LogP) is 3.90. The highest BCUT2D eigenvalue weighted by atomic mass is 127. The Kier molecular flexibility index (Phi) is 8.93. The summed E-state index contributed by atoms with van der Waals surface area (Å²) in [6.07, 6.45) is 0.857. The number of hydrogen-bond acceptors (Lipinski definition) is 5. The van der Waals surface area contributed by atoms with Crippen molar-refractivity contribution in [2.45, 2.75) is 39.4 Å². The molecule has 176 valence electrons. The van der Waals surface area contributed by atoms with Crippen LogP contribution in [0, 0.1) is 6.92 Å². The third kappa shape index (κ3) is 6.16. The van der Waals surface area contributed by atoms with Crippen LogP contribution >= 0.6 is 24.0 Å². The molecular weight excluding hydrogens is 531 g/mol. The number of fused-ring (bicyclic) bond motifs is 1. The monoisotopic (exact) mass is 562 g/mol. The minimum atomic E-state index is 0. The molecule has 0 aliphatic carbocycles. The van der Waals surface area contributed by atoms with Crippen LogP contribution in [0.2, 0.25) is 0 Å². The van der Waals surface area contributed by atoms with Gasteiger partial charge in [0.25, 0.3) is 0 Å². The zero-order valence-electron chi connectivity index (χ0n) is 19.2. The van der Waals surface area contributed by atoms with Crippen molar-refractivity contribution in [1.29, 1.82) is 0 Å². The summed E-state index contributed by atoms with van der Waals surface area (Å²) in [5.74, 6) is 4.20. The number of benzene rings is 2. The quantitative estimate of drug-likeness (QED) is 0.258. The van der Waals surface area contributed by atoms with Crippen molar-refractivity contribution in [2.24, 2.45) is 12.0 Å². The fraction of sp³-hybridized carbons (Fsp3) is 0.375. The van der Waals surface area contributed by atoms with Crippen molar-refractivity contribution >= 4 is 29.9 Å². The molecule has 1 aliphatic heterocycles. The fourth-order valence-electron chi connectivity index (χ4n) is 3.67. The average Bonchev–Trinajstić information content (AvgIpc) is 3.14. The molecule has 0 radical (unpaired) electrons. The Hall–Kier alpha value is -2.82. The Balaban J connectivity index is 0.00000306. The summed E-state index contributed by atoms with van der Waals surface area (Å²) >= 11 is 0. The van der Waals surface area contributed by atoms with E-state index in [0.717, 1.165) is 40.7 Å². The Bertz CT molecular complexity index is 1080. The van der Waals surface area contributed by atoms with E-state index in [4.69, 9.17) is 14.5 Å². The number of halogens is 1. The summed E-state index contributed by atoms with van der Waals surface area (Å²) in [6, 6.07) is 16.2. The van der Waals surface area contributed by atoms with E-state index in [0.29, 0.717) is 32.3 Å². The van der Waals surface area contributed by atoms with Crippen LogP contribution in [0.1, 0.15) is 42.2 Å². The number of nitrogens with zero attached hydrogens (tertiary/aromatic N) is 4. The highest BCUT2D eigenvalue weighted by Crippen LogP contribution is 2.31. The molecule has 4 rings (SSSR count). The number of hydrogen-bond donors (Lipinski definition) is 2. The van der Waals surface area contributed by atoms with Crippen LogP contribution in [0.15, 0.2) is 53.5 Å². The molecule has 0 amide bonds. The standard InChI is InChI=1S/C24H30N6O2.HI/c1-4-31-21-11-7-5-9-18(21)15-25-24(26-16-23-29-28-17(2)30(23)3)27-20-13-14-32-22-12-8-6-10-19(20)22;/h5-12,20H,4,13-16H2,1-3H3,(H2,25,26,27);1H. The minimum Gasteiger partial charge on any atom is -0.494 e. The lowest BCUT2D eigenvalue weighted by molar-refractivity contribution is 0.261. The SMILES string of the molecule is CCOc1ccccc1CN=C(NCc1nnc(C)n1C)NC1CCOc2ccccc21.I. The van der Waals surface area contributed by atoms with E-state index in [2.05, 4.69) is 26.9 Å². The first-order valence-electron chi connectivity index (χ1n) is 11.0. The van der Waals surface area contributed by atoms with E-state index >= 15 is 0 Å². The number of nitrogens with one attached hydrogen (secondary N) is 2. The summed E-state index contributed by atoms with van der Waals surface area (Å²) in [6.45, 7) is 6.22. The third-order valence-corrected chi connectivity index (χ3v) is 5.55. The molecule has 9 heteroatoms. The van der Waals surface area contributed by atoms with Gasteiger partial charge < -0.3 is 24.7 Å². The van der Waals surface area contributed by atoms with Gasteiger partial charge in [-0.2, -0.15) is 0 Å². The van der Waals surface area contributed by atoms with E-state index in [1.54, 1.807) is 0 Å². The van der Waals surface area contributed by atoms with E-state index in [1.807, 2.05) is 67.9 Å². The molecular formula is C24H31IN6O2. The Morgan fingerprint density at radius 2 is 1.97 bits per heavy atom. The maximum atomic E-state index is 5.82. The van der Waals surface area contributed by atoms with E-state index in [9.17, 15) is 0 Å². The van der Waals surface area contributed by atoms with Crippen molar-refractivity contribution in [3.63, 3.8) is 0 Å². The van der Waals surface area contributed by atoms with Gasteiger partial charge in [0, 0.05) is 24.6 Å². The topological polar surface area (TPSA) is 85.6 Å². The van der Waals surface area contributed by atoms with Gasteiger partial charge in [0.05, 0.1) is 32.3 Å². The van der Waals surface area contributed by atoms with Crippen LogP contribution in [0.5, 0.6) is 11.5 Å². The number of guanidine groups is 1. The van der Waals surface area contributed by atoms with Crippen LogP contribution in [0.25, 0.3) is 0 Å². The first-order valence-corrected chi connectivity index (χ1v) is 11.0. The molecule has 0 fully saturated rings. The fourth-order valence-corrected chi connectivity index (χ4v) is 3.67. The van der Waals surface area contributed by atoms with Crippen LogP contribution in [-0.2, 0) is 20.1 Å². The summed E-state index contributed by atoms with van der Waals surface area (Å²) < 4.78 is 13.6. The maximum absolute atomic E-state index is 5.82. The summed E-state index contributed by atoms with van der Waals surface area (Å²) in [5, 5.41) is 15.4. The van der Waals surface area contributed by atoms with Crippen molar-refractivity contribution in [2.75, 3.05) is 13.2 Å². The normalized spacial score (nSPS) is 15.1. The van der Waals surface area contributed by atoms with Gasteiger partial charge >= 0.3 is 0 Å². The second-order valence-electron chi connectivity index (χ2n) is 7.65. The Morgan fingerprint density at radius 3 is 2.76 bits per heavy atom. The highest BCUT2D eigenvalue weighted by molar-refractivity contribution is 14.0. The van der Waals surface area contributed by atoms with Crippen molar-refractivity contribution in [1.82, 2.24) is 25.4 Å². The van der Waals surface area contributed by atoms with Gasteiger partial charge in [-0.3, -0.25) is 0 Å². The first-order chi connectivity index (χ1) is 15.7. The molecule has 8 nitrogen and oxygen atoms in total. The highest BCUT2D eigenvalue weighted by Gasteiger charge is 2.22. The van der Waals surface area contributed by atoms with Gasteiger partial charge in [-0.25, -0.2) is 4.99 Å². The number of ether oxygens (including phenoxy) is 2. The molecule has 2 N–H and O–H groups in total. The molecule has 1 aliphatic rings. The van der Waals surface area contributed by atoms with Crippen LogP contribution < -0.4 is 20.1 Å². The number of rotatable bonds is 7. The van der Waals surface area contributed by atoms with E-state index < -0.39 is 0 Å². The first kappa shape index (κ1) is 24.8. The van der Waals surface area contributed by atoms with Gasteiger partial charge in [0.15, 0.2) is 11.8 Å². The molecule has 1 atom stereocenters. The third-order valence-electron chi connectivity index (χ3n) is 5.55. The minimum absolute atomic E-state index is 0. The van der Waals surface area contributed by atoms with Gasteiger partial charge in [-0.05, 0) is 26.0 Å². The number of aliphatic imine (C=N–C) groups is 1. The molecule has 2 aromatic carbocycles. The van der Waals surface area contributed by atoms with Crippen molar-refractivity contribution in [3.8, 4) is 11.5 Å². The van der Waals surface area contributed by atoms with Crippen LogP contribution in [0.4, 0.5) is 0 Å². The Labute approximate surface area is 211 Å². The molecule has 0 bridgehead atoms. The molecule has 1 unspecified atom stereocenters. The summed E-state index contributed by atoms with van der Waals surface area (Å²) in [5.41, 5.74) is 2.18. The lowest BCUT2D eigenvalue weighted by atomic mass is 10.0. The average molecular weight is 562 g/mol. The summed E-state index contributed by atoms with van der Waals surface area (Å²) in [7, 11) is 1.96.